The lowest BCUT2D eigenvalue weighted by molar-refractivity contribution is 0.806. The standard InChI is InChI=1S/C14H13ClN4/c1-8-4-5-11-12(6-8)17-14(13(15)16-11)19-10(3)7-9(2)18-19/h4-7H,1-3H3. The number of aromatic nitrogens is 4. The summed E-state index contributed by atoms with van der Waals surface area (Å²) in [6.45, 7) is 5.94. The number of rotatable bonds is 1. The van der Waals surface area contributed by atoms with E-state index in [1.807, 2.05) is 45.0 Å². The zero-order valence-corrected chi connectivity index (χ0v) is 11.7. The summed E-state index contributed by atoms with van der Waals surface area (Å²) in [7, 11) is 0. The summed E-state index contributed by atoms with van der Waals surface area (Å²) >= 11 is 6.22. The number of fused-ring (bicyclic) bond motifs is 1. The first-order chi connectivity index (χ1) is 9.04. The van der Waals surface area contributed by atoms with Crippen molar-refractivity contribution in [3.05, 3.63) is 46.4 Å². The van der Waals surface area contributed by atoms with Gasteiger partial charge in [-0.05, 0) is 44.5 Å². The van der Waals surface area contributed by atoms with Gasteiger partial charge in [-0.15, -0.1) is 0 Å². The van der Waals surface area contributed by atoms with Crippen LogP contribution in [0.3, 0.4) is 0 Å². The van der Waals surface area contributed by atoms with Crippen LogP contribution < -0.4 is 0 Å². The van der Waals surface area contributed by atoms with Crippen molar-refractivity contribution in [1.82, 2.24) is 19.7 Å². The fourth-order valence-corrected chi connectivity index (χ4v) is 2.32. The summed E-state index contributed by atoms with van der Waals surface area (Å²) in [5, 5.41) is 4.76. The molecule has 0 N–H and O–H groups in total. The molecule has 0 unspecified atom stereocenters. The van der Waals surface area contributed by atoms with E-state index in [0.717, 1.165) is 28.0 Å². The van der Waals surface area contributed by atoms with Gasteiger partial charge >= 0.3 is 0 Å². The van der Waals surface area contributed by atoms with Crippen LogP contribution in [0.5, 0.6) is 0 Å². The molecule has 5 heteroatoms. The van der Waals surface area contributed by atoms with Crippen molar-refractivity contribution in [3.8, 4) is 5.82 Å². The van der Waals surface area contributed by atoms with Gasteiger partial charge in [0.2, 0.25) is 0 Å². The maximum atomic E-state index is 6.22. The van der Waals surface area contributed by atoms with Crippen molar-refractivity contribution in [1.29, 1.82) is 0 Å². The van der Waals surface area contributed by atoms with E-state index in [9.17, 15) is 0 Å². The minimum Gasteiger partial charge on any atom is -0.231 e. The van der Waals surface area contributed by atoms with E-state index < -0.39 is 0 Å². The van der Waals surface area contributed by atoms with Crippen molar-refractivity contribution in [2.75, 3.05) is 0 Å². The first-order valence-electron chi connectivity index (χ1n) is 6.02. The van der Waals surface area contributed by atoms with Crippen LogP contribution in [-0.4, -0.2) is 19.7 Å². The molecule has 4 nitrogen and oxygen atoms in total. The third kappa shape index (κ3) is 2.08. The summed E-state index contributed by atoms with van der Waals surface area (Å²) in [6, 6.07) is 7.90. The van der Waals surface area contributed by atoms with Crippen molar-refractivity contribution in [3.63, 3.8) is 0 Å². The Morgan fingerprint density at radius 3 is 2.47 bits per heavy atom. The van der Waals surface area contributed by atoms with Crippen molar-refractivity contribution >= 4 is 22.6 Å². The summed E-state index contributed by atoms with van der Waals surface area (Å²) in [5.74, 6) is 0.574. The Balaban J connectivity index is 2.29. The lowest BCUT2D eigenvalue weighted by Crippen LogP contribution is -2.04. The van der Waals surface area contributed by atoms with Crippen LogP contribution >= 0.6 is 11.6 Å². The molecule has 0 saturated heterocycles. The molecule has 0 spiro atoms. The van der Waals surface area contributed by atoms with Gasteiger partial charge in [0, 0.05) is 5.69 Å². The minimum atomic E-state index is 0.363. The Bertz CT molecular complexity index is 776. The van der Waals surface area contributed by atoms with Crippen LogP contribution in [0.1, 0.15) is 17.0 Å². The minimum absolute atomic E-state index is 0.363. The number of nitrogens with zero attached hydrogens (tertiary/aromatic N) is 4. The lowest BCUT2D eigenvalue weighted by Gasteiger charge is -2.07. The van der Waals surface area contributed by atoms with E-state index >= 15 is 0 Å². The van der Waals surface area contributed by atoms with E-state index in [2.05, 4.69) is 15.1 Å². The second-order valence-corrected chi connectivity index (χ2v) is 5.03. The van der Waals surface area contributed by atoms with Crippen molar-refractivity contribution in [2.24, 2.45) is 0 Å². The zero-order valence-electron chi connectivity index (χ0n) is 11.0. The number of benzene rings is 1. The van der Waals surface area contributed by atoms with Crippen LogP contribution in [-0.2, 0) is 0 Å². The summed E-state index contributed by atoms with van der Waals surface area (Å²) in [4.78, 5) is 8.97. The molecule has 0 aliphatic rings. The number of aryl methyl sites for hydroxylation is 3. The summed E-state index contributed by atoms with van der Waals surface area (Å²) in [5.41, 5.74) is 4.68. The molecule has 2 heterocycles. The SMILES string of the molecule is Cc1ccc2nc(Cl)c(-n3nc(C)cc3C)nc2c1. The van der Waals surface area contributed by atoms with Gasteiger partial charge in [-0.1, -0.05) is 17.7 Å². The van der Waals surface area contributed by atoms with Crippen LogP contribution in [0.15, 0.2) is 24.3 Å². The predicted octanol–water partition coefficient (Wildman–Crippen LogP) is 3.39. The van der Waals surface area contributed by atoms with E-state index in [0.29, 0.717) is 11.0 Å². The highest BCUT2D eigenvalue weighted by atomic mass is 35.5. The third-order valence-electron chi connectivity index (χ3n) is 2.97. The molecule has 3 aromatic rings. The molecular weight excluding hydrogens is 260 g/mol. The largest absolute Gasteiger partial charge is 0.231 e. The fraction of sp³-hybridized carbons (Fsp3) is 0.214. The molecule has 0 aliphatic carbocycles. The average molecular weight is 273 g/mol. The quantitative estimate of drug-likeness (QED) is 0.682. The highest BCUT2D eigenvalue weighted by Crippen LogP contribution is 2.22. The number of hydrogen-bond donors (Lipinski definition) is 0. The van der Waals surface area contributed by atoms with E-state index in [1.54, 1.807) is 4.68 Å². The van der Waals surface area contributed by atoms with E-state index in [-0.39, 0.29) is 0 Å². The number of hydrogen-bond acceptors (Lipinski definition) is 3. The first-order valence-corrected chi connectivity index (χ1v) is 6.40. The van der Waals surface area contributed by atoms with Crippen LogP contribution in [0, 0.1) is 20.8 Å². The molecule has 1 aromatic carbocycles. The smallest absolute Gasteiger partial charge is 0.192 e. The monoisotopic (exact) mass is 272 g/mol. The van der Waals surface area contributed by atoms with Gasteiger partial charge in [0.15, 0.2) is 11.0 Å². The fourth-order valence-electron chi connectivity index (χ4n) is 2.11. The molecule has 0 saturated carbocycles. The van der Waals surface area contributed by atoms with Gasteiger partial charge in [0.05, 0.1) is 16.7 Å². The maximum Gasteiger partial charge on any atom is 0.192 e. The molecule has 0 radical (unpaired) electrons. The Kier molecular flexibility index (Phi) is 2.75. The molecule has 0 amide bonds. The Morgan fingerprint density at radius 1 is 1.00 bits per heavy atom. The maximum absolute atomic E-state index is 6.22. The second kappa shape index (κ2) is 4.31. The molecular formula is C14H13ClN4. The Hall–Kier alpha value is -1.94. The van der Waals surface area contributed by atoms with Gasteiger partial charge in [-0.3, -0.25) is 0 Å². The molecule has 19 heavy (non-hydrogen) atoms. The molecule has 0 atom stereocenters. The average Bonchev–Trinajstić information content (AvgIpc) is 2.68. The van der Waals surface area contributed by atoms with Gasteiger partial charge in [0.25, 0.3) is 0 Å². The molecule has 96 valence electrons. The summed E-state index contributed by atoms with van der Waals surface area (Å²) in [6.07, 6.45) is 0. The Morgan fingerprint density at radius 2 is 1.79 bits per heavy atom. The molecule has 0 bridgehead atoms. The molecule has 3 rings (SSSR count). The third-order valence-corrected chi connectivity index (χ3v) is 3.22. The second-order valence-electron chi connectivity index (χ2n) is 4.67. The predicted molar refractivity (Wildman–Crippen MR) is 75.9 cm³/mol. The first kappa shape index (κ1) is 12.1. The molecule has 2 aromatic heterocycles. The van der Waals surface area contributed by atoms with Gasteiger partial charge < -0.3 is 0 Å². The molecule has 0 fully saturated rings. The van der Waals surface area contributed by atoms with Gasteiger partial charge in [-0.25, -0.2) is 14.6 Å². The van der Waals surface area contributed by atoms with Crippen LogP contribution in [0.25, 0.3) is 16.9 Å². The van der Waals surface area contributed by atoms with Gasteiger partial charge in [-0.2, -0.15) is 5.10 Å². The normalized spacial score (nSPS) is 11.2. The number of halogens is 1. The summed E-state index contributed by atoms with van der Waals surface area (Å²) < 4.78 is 1.73. The lowest BCUT2D eigenvalue weighted by atomic mass is 10.2. The topological polar surface area (TPSA) is 43.6 Å². The zero-order chi connectivity index (χ0) is 13.6. The van der Waals surface area contributed by atoms with Crippen molar-refractivity contribution < 1.29 is 0 Å². The van der Waals surface area contributed by atoms with Gasteiger partial charge in [0.1, 0.15) is 0 Å². The highest BCUT2D eigenvalue weighted by Gasteiger charge is 2.12. The molecule has 0 aliphatic heterocycles. The highest BCUT2D eigenvalue weighted by molar-refractivity contribution is 6.31. The van der Waals surface area contributed by atoms with Crippen LogP contribution in [0.4, 0.5) is 0 Å². The van der Waals surface area contributed by atoms with E-state index in [1.165, 1.54) is 0 Å². The Labute approximate surface area is 116 Å². The van der Waals surface area contributed by atoms with E-state index in [4.69, 9.17) is 11.6 Å². The van der Waals surface area contributed by atoms with Crippen LogP contribution in [0.2, 0.25) is 5.15 Å². The van der Waals surface area contributed by atoms with Crippen molar-refractivity contribution in [2.45, 2.75) is 20.8 Å².